The molecule has 2 fully saturated rings. The highest BCUT2D eigenvalue weighted by Crippen LogP contribution is 2.33. The molecule has 1 aliphatic heterocycles. The van der Waals surface area contributed by atoms with Crippen molar-refractivity contribution < 1.29 is 14.4 Å². The average molecular weight is 287 g/mol. The summed E-state index contributed by atoms with van der Waals surface area (Å²) >= 11 is 0. The minimum absolute atomic E-state index is 0.0424. The Bertz CT molecular complexity index is 610. The molecule has 0 radical (unpaired) electrons. The van der Waals surface area contributed by atoms with Crippen LogP contribution in [0.4, 0.5) is 5.69 Å². The molecule has 1 atom stereocenters. The van der Waals surface area contributed by atoms with E-state index in [4.69, 9.17) is 5.73 Å². The van der Waals surface area contributed by atoms with Crippen molar-refractivity contribution in [3.63, 3.8) is 0 Å². The molecule has 0 unspecified atom stereocenters. The van der Waals surface area contributed by atoms with E-state index in [9.17, 15) is 14.4 Å². The summed E-state index contributed by atoms with van der Waals surface area (Å²) in [6.07, 6.45) is 2.30. The van der Waals surface area contributed by atoms with Crippen molar-refractivity contribution in [3.05, 3.63) is 29.8 Å². The minimum atomic E-state index is -0.590. The first-order valence-corrected chi connectivity index (χ1v) is 7.05. The molecule has 3 N–H and O–H groups in total. The summed E-state index contributed by atoms with van der Waals surface area (Å²) in [5, 5.41) is 2.72. The zero-order valence-corrected chi connectivity index (χ0v) is 11.5. The number of nitrogens with zero attached hydrogens (tertiary/aromatic N) is 1. The van der Waals surface area contributed by atoms with Crippen molar-refractivity contribution in [2.45, 2.75) is 25.3 Å². The Morgan fingerprint density at radius 3 is 2.62 bits per heavy atom. The van der Waals surface area contributed by atoms with Crippen LogP contribution in [0.1, 0.15) is 29.6 Å². The van der Waals surface area contributed by atoms with Crippen LogP contribution in [0.3, 0.4) is 0 Å². The predicted molar refractivity (Wildman–Crippen MR) is 76.4 cm³/mol. The topological polar surface area (TPSA) is 92.5 Å². The van der Waals surface area contributed by atoms with Gasteiger partial charge in [0.25, 0.3) is 5.91 Å². The highest BCUT2D eigenvalue weighted by atomic mass is 16.2. The molecule has 1 aromatic rings. The second-order valence-corrected chi connectivity index (χ2v) is 5.58. The Morgan fingerprint density at radius 1 is 1.24 bits per heavy atom. The second-order valence-electron chi connectivity index (χ2n) is 5.58. The van der Waals surface area contributed by atoms with Gasteiger partial charge in [0, 0.05) is 19.0 Å². The Labute approximate surface area is 122 Å². The van der Waals surface area contributed by atoms with E-state index in [0.29, 0.717) is 18.3 Å². The molecule has 1 saturated carbocycles. The van der Waals surface area contributed by atoms with E-state index in [1.165, 1.54) is 0 Å². The molecule has 3 amide bonds. The Morgan fingerprint density at radius 2 is 1.95 bits per heavy atom. The van der Waals surface area contributed by atoms with Gasteiger partial charge in [0.2, 0.25) is 11.8 Å². The number of benzene rings is 1. The summed E-state index contributed by atoms with van der Waals surface area (Å²) in [7, 11) is 0. The monoisotopic (exact) mass is 287 g/mol. The van der Waals surface area contributed by atoms with E-state index in [1.54, 1.807) is 29.2 Å². The number of para-hydroxylation sites is 1. The Balaban J connectivity index is 1.70. The summed E-state index contributed by atoms with van der Waals surface area (Å²) in [6, 6.07) is 6.93. The zero-order chi connectivity index (χ0) is 15.0. The summed E-state index contributed by atoms with van der Waals surface area (Å²) in [4.78, 5) is 37.3. The number of anilines is 1. The molecule has 1 aromatic carbocycles. The molecule has 2 aliphatic rings. The molecule has 6 nitrogen and oxygen atoms in total. The molecular formula is C15H17N3O3. The molecule has 1 saturated heterocycles. The van der Waals surface area contributed by atoms with E-state index in [0.717, 1.165) is 12.8 Å². The summed E-state index contributed by atoms with van der Waals surface area (Å²) in [5.74, 6) is -1.15. The summed E-state index contributed by atoms with van der Waals surface area (Å²) < 4.78 is 0. The van der Waals surface area contributed by atoms with Gasteiger partial charge in [-0.1, -0.05) is 12.1 Å². The lowest BCUT2D eigenvalue weighted by Crippen LogP contribution is -2.30. The Kier molecular flexibility index (Phi) is 3.37. The maximum Gasteiger partial charge on any atom is 0.250 e. The third-order valence-corrected chi connectivity index (χ3v) is 3.97. The summed E-state index contributed by atoms with van der Waals surface area (Å²) in [6.45, 7) is 0.466. The van der Waals surface area contributed by atoms with E-state index in [2.05, 4.69) is 5.32 Å². The number of likely N-dealkylation sites (tertiary alicyclic amines) is 1. The standard InChI is InChI=1S/C15H17N3O3/c16-14(20)11-3-1-2-4-12(11)17-15(21)9-7-13(19)18(8-9)10-5-6-10/h1-4,9-10H,5-8H2,(H2,16,20)(H,17,21)/t9-/m0/s1. The SMILES string of the molecule is NC(=O)c1ccccc1NC(=O)[C@H]1CC(=O)N(C2CC2)C1. The number of amides is 3. The summed E-state index contributed by atoms with van der Waals surface area (Å²) in [5.41, 5.74) is 5.95. The number of nitrogens with two attached hydrogens (primary N) is 1. The number of carbonyl (C=O) groups is 3. The van der Waals surface area contributed by atoms with Crippen LogP contribution in [0.25, 0.3) is 0 Å². The lowest BCUT2D eigenvalue weighted by atomic mass is 10.1. The smallest absolute Gasteiger partial charge is 0.250 e. The van der Waals surface area contributed by atoms with Crippen LogP contribution in [0.15, 0.2) is 24.3 Å². The van der Waals surface area contributed by atoms with Gasteiger partial charge in [0.05, 0.1) is 17.2 Å². The fourth-order valence-corrected chi connectivity index (χ4v) is 2.69. The lowest BCUT2D eigenvalue weighted by molar-refractivity contribution is -0.128. The lowest BCUT2D eigenvalue weighted by Gasteiger charge is -2.15. The molecular weight excluding hydrogens is 270 g/mol. The van der Waals surface area contributed by atoms with Crippen LogP contribution in [-0.4, -0.2) is 35.2 Å². The van der Waals surface area contributed by atoms with E-state index in [-0.39, 0.29) is 29.7 Å². The normalized spacial score (nSPS) is 21.4. The fourth-order valence-electron chi connectivity index (χ4n) is 2.69. The van der Waals surface area contributed by atoms with Crippen LogP contribution in [-0.2, 0) is 9.59 Å². The molecule has 1 aliphatic carbocycles. The van der Waals surface area contributed by atoms with Crippen molar-refractivity contribution >= 4 is 23.4 Å². The molecule has 21 heavy (non-hydrogen) atoms. The third kappa shape index (κ3) is 2.74. The predicted octanol–water partition coefficient (Wildman–Crippen LogP) is 0.735. The van der Waals surface area contributed by atoms with Crippen molar-refractivity contribution in [1.29, 1.82) is 0 Å². The molecule has 1 heterocycles. The van der Waals surface area contributed by atoms with Crippen LogP contribution >= 0.6 is 0 Å². The van der Waals surface area contributed by atoms with Crippen molar-refractivity contribution in [1.82, 2.24) is 4.90 Å². The van der Waals surface area contributed by atoms with Crippen LogP contribution in [0, 0.1) is 5.92 Å². The number of rotatable bonds is 4. The largest absolute Gasteiger partial charge is 0.366 e. The van der Waals surface area contributed by atoms with Crippen molar-refractivity contribution in [2.75, 3.05) is 11.9 Å². The first-order valence-electron chi connectivity index (χ1n) is 7.05. The van der Waals surface area contributed by atoms with Gasteiger partial charge in [0.15, 0.2) is 0 Å². The first-order chi connectivity index (χ1) is 10.1. The quantitative estimate of drug-likeness (QED) is 0.855. The van der Waals surface area contributed by atoms with E-state index < -0.39 is 5.91 Å². The molecule has 3 rings (SSSR count). The maximum absolute atomic E-state index is 12.3. The van der Waals surface area contributed by atoms with Crippen molar-refractivity contribution in [2.24, 2.45) is 11.7 Å². The van der Waals surface area contributed by atoms with Gasteiger partial charge in [0.1, 0.15) is 0 Å². The number of hydrogen-bond donors (Lipinski definition) is 2. The van der Waals surface area contributed by atoms with Gasteiger partial charge in [-0.25, -0.2) is 0 Å². The van der Waals surface area contributed by atoms with E-state index in [1.807, 2.05) is 0 Å². The highest BCUT2D eigenvalue weighted by molar-refractivity contribution is 6.04. The average Bonchev–Trinajstić information content (AvgIpc) is 3.22. The van der Waals surface area contributed by atoms with Gasteiger partial charge in [-0.3, -0.25) is 14.4 Å². The Hall–Kier alpha value is -2.37. The number of hydrogen-bond acceptors (Lipinski definition) is 3. The number of carbonyl (C=O) groups excluding carboxylic acids is 3. The maximum atomic E-state index is 12.3. The molecule has 0 aromatic heterocycles. The van der Waals surface area contributed by atoms with Crippen LogP contribution in [0.2, 0.25) is 0 Å². The minimum Gasteiger partial charge on any atom is -0.366 e. The van der Waals surface area contributed by atoms with Gasteiger partial charge in [-0.05, 0) is 25.0 Å². The fraction of sp³-hybridized carbons (Fsp3) is 0.400. The van der Waals surface area contributed by atoms with E-state index >= 15 is 0 Å². The highest BCUT2D eigenvalue weighted by Gasteiger charge is 2.41. The first kappa shape index (κ1) is 13.6. The van der Waals surface area contributed by atoms with Gasteiger partial charge >= 0.3 is 0 Å². The molecule has 6 heteroatoms. The molecule has 110 valence electrons. The molecule has 0 bridgehead atoms. The molecule has 0 spiro atoms. The van der Waals surface area contributed by atoms with Crippen LogP contribution in [0.5, 0.6) is 0 Å². The third-order valence-electron chi connectivity index (χ3n) is 3.97. The number of primary amides is 1. The van der Waals surface area contributed by atoms with Gasteiger partial charge in [-0.2, -0.15) is 0 Å². The van der Waals surface area contributed by atoms with Gasteiger partial charge in [-0.15, -0.1) is 0 Å². The van der Waals surface area contributed by atoms with Crippen LogP contribution < -0.4 is 11.1 Å². The number of nitrogens with one attached hydrogen (secondary N) is 1. The second kappa shape index (κ2) is 5.20. The van der Waals surface area contributed by atoms with Crippen molar-refractivity contribution in [3.8, 4) is 0 Å². The zero-order valence-electron chi connectivity index (χ0n) is 11.5. The van der Waals surface area contributed by atoms with Gasteiger partial charge < -0.3 is 16.0 Å².